The highest BCUT2D eigenvalue weighted by Gasteiger charge is 2.87. The summed E-state index contributed by atoms with van der Waals surface area (Å²) in [7, 11) is 0. The number of hydrogen-bond acceptors (Lipinski definition) is 2. The maximum atomic E-state index is 11.8. The Balaban J connectivity index is 1.98. The van der Waals surface area contributed by atoms with Crippen molar-refractivity contribution in [2.24, 2.45) is 22.7 Å². The topological polar surface area (TPSA) is 34.1 Å². The van der Waals surface area contributed by atoms with Gasteiger partial charge in [-0.05, 0) is 23.8 Å². The van der Waals surface area contributed by atoms with Gasteiger partial charge in [0.25, 0.3) is 0 Å². The molecule has 0 radical (unpaired) electrons. The highest BCUT2D eigenvalue weighted by atomic mass is 16.1. The second-order valence-corrected chi connectivity index (χ2v) is 5.57. The smallest absolute Gasteiger partial charge is 0.156 e. The molecule has 0 heterocycles. The molecule has 14 heavy (non-hydrogen) atoms. The predicted octanol–water partition coefficient (Wildman–Crippen LogP) is 1.50. The van der Waals surface area contributed by atoms with E-state index in [9.17, 15) is 9.59 Å². The largest absolute Gasteiger partial charge is 0.299 e. The van der Waals surface area contributed by atoms with E-state index in [0.717, 1.165) is 12.8 Å². The van der Waals surface area contributed by atoms with E-state index in [2.05, 4.69) is 6.92 Å². The minimum absolute atomic E-state index is 0.0318. The molecule has 3 saturated carbocycles. The number of rotatable bonds is 0. The summed E-state index contributed by atoms with van der Waals surface area (Å²) in [6, 6.07) is 0. The van der Waals surface area contributed by atoms with E-state index in [-0.39, 0.29) is 22.5 Å². The van der Waals surface area contributed by atoms with Crippen LogP contribution in [-0.2, 0) is 9.59 Å². The second-order valence-electron chi connectivity index (χ2n) is 5.57. The van der Waals surface area contributed by atoms with Crippen LogP contribution in [0.4, 0.5) is 0 Å². The van der Waals surface area contributed by atoms with Crippen molar-refractivity contribution >= 4 is 11.6 Å². The Bertz CT molecular complexity index is 434. The first kappa shape index (κ1) is 7.38. The van der Waals surface area contributed by atoms with Crippen LogP contribution in [0.5, 0.6) is 0 Å². The maximum absolute atomic E-state index is 11.8. The molecule has 0 amide bonds. The standard InChI is InChI=1S/C12H12O2/c1-11-6-2-7-3-8(13)5-12(7,11)10(11)9(14)4-6/h3,6,10H,2,4-5H2,1H3/t6-,10?,11-,12?/m1/s1. The molecule has 0 N–H and O–H groups in total. The summed E-state index contributed by atoms with van der Waals surface area (Å²) in [5.74, 6) is 1.45. The van der Waals surface area contributed by atoms with Crippen molar-refractivity contribution in [3.05, 3.63) is 11.6 Å². The molecule has 4 atom stereocenters. The van der Waals surface area contributed by atoms with Crippen LogP contribution < -0.4 is 0 Å². The first-order chi connectivity index (χ1) is 6.60. The van der Waals surface area contributed by atoms with Crippen molar-refractivity contribution in [2.45, 2.75) is 26.2 Å². The SMILES string of the molecule is C[C@]12C3C(=O)C[C@H]1CC1=CC(=O)CC132. The minimum Gasteiger partial charge on any atom is -0.299 e. The molecule has 0 aromatic carbocycles. The monoisotopic (exact) mass is 188 g/mol. The molecule has 0 aliphatic heterocycles. The van der Waals surface area contributed by atoms with Crippen LogP contribution in [0, 0.1) is 22.7 Å². The Hall–Kier alpha value is -0.920. The number of Topliss-reactive ketones (excluding diaryl/α,β-unsaturated/α-hetero) is 1. The third-order valence-electron chi connectivity index (χ3n) is 5.42. The molecule has 2 nitrogen and oxygen atoms in total. The van der Waals surface area contributed by atoms with Crippen LogP contribution in [-0.4, -0.2) is 11.6 Å². The number of carbonyl (C=O) groups excluding carboxylic acids is 2. The molecule has 0 bridgehead atoms. The summed E-state index contributed by atoms with van der Waals surface area (Å²) in [5.41, 5.74) is 1.53. The van der Waals surface area contributed by atoms with Gasteiger partial charge in [0.2, 0.25) is 0 Å². The lowest BCUT2D eigenvalue weighted by Crippen LogP contribution is -2.14. The van der Waals surface area contributed by atoms with E-state index >= 15 is 0 Å². The van der Waals surface area contributed by atoms with Crippen LogP contribution in [0.1, 0.15) is 26.2 Å². The molecule has 4 aliphatic rings. The molecule has 0 aromatic rings. The fourth-order valence-corrected chi connectivity index (χ4v) is 4.88. The first-order valence-corrected chi connectivity index (χ1v) is 5.37. The number of ketones is 2. The third kappa shape index (κ3) is 0.431. The molecule has 3 fully saturated rings. The van der Waals surface area contributed by atoms with Crippen LogP contribution in [0.15, 0.2) is 11.6 Å². The summed E-state index contributed by atoms with van der Waals surface area (Å²) in [5, 5.41) is 0. The van der Waals surface area contributed by atoms with E-state index in [1.54, 1.807) is 0 Å². The van der Waals surface area contributed by atoms with Gasteiger partial charge in [-0.25, -0.2) is 0 Å². The van der Waals surface area contributed by atoms with Gasteiger partial charge in [0.1, 0.15) is 5.78 Å². The van der Waals surface area contributed by atoms with Crippen LogP contribution in [0.3, 0.4) is 0 Å². The highest BCUT2D eigenvalue weighted by molar-refractivity contribution is 6.02. The molecule has 0 aromatic heterocycles. The van der Waals surface area contributed by atoms with Crippen molar-refractivity contribution in [1.29, 1.82) is 0 Å². The number of hydrogen-bond donors (Lipinski definition) is 0. The summed E-state index contributed by atoms with van der Waals surface area (Å²) < 4.78 is 0. The summed E-state index contributed by atoms with van der Waals surface area (Å²) in [4.78, 5) is 23.2. The lowest BCUT2D eigenvalue weighted by atomic mass is 9.88. The fraction of sp³-hybridized carbons (Fsp3) is 0.667. The quantitative estimate of drug-likeness (QED) is 0.577. The van der Waals surface area contributed by atoms with Crippen molar-refractivity contribution < 1.29 is 9.59 Å². The molecular formula is C12H12O2. The Labute approximate surface area is 82.4 Å². The minimum atomic E-state index is 0.0318. The Morgan fingerprint density at radius 3 is 2.86 bits per heavy atom. The molecule has 4 rings (SSSR count). The van der Waals surface area contributed by atoms with Gasteiger partial charge in [0.05, 0.1) is 0 Å². The molecule has 1 spiro atoms. The molecule has 72 valence electrons. The van der Waals surface area contributed by atoms with Crippen molar-refractivity contribution in [3.8, 4) is 0 Å². The van der Waals surface area contributed by atoms with Gasteiger partial charge >= 0.3 is 0 Å². The summed E-state index contributed by atoms with van der Waals surface area (Å²) in [6.45, 7) is 2.23. The Morgan fingerprint density at radius 1 is 1.36 bits per heavy atom. The van der Waals surface area contributed by atoms with Gasteiger partial charge in [-0.15, -0.1) is 0 Å². The molecule has 0 saturated heterocycles. The zero-order chi connectivity index (χ0) is 9.72. The fourth-order valence-electron chi connectivity index (χ4n) is 4.88. The zero-order valence-electron chi connectivity index (χ0n) is 8.17. The van der Waals surface area contributed by atoms with Gasteiger partial charge in [-0.1, -0.05) is 12.5 Å². The number of allylic oxidation sites excluding steroid dienone is 2. The molecule has 2 heteroatoms. The van der Waals surface area contributed by atoms with E-state index in [4.69, 9.17) is 0 Å². The van der Waals surface area contributed by atoms with Crippen molar-refractivity contribution in [3.63, 3.8) is 0 Å². The first-order valence-electron chi connectivity index (χ1n) is 5.37. The normalized spacial score (nSPS) is 57.4. The molecule has 4 aliphatic carbocycles. The predicted molar refractivity (Wildman–Crippen MR) is 49.5 cm³/mol. The Morgan fingerprint density at radius 2 is 2.14 bits per heavy atom. The average Bonchev–Trinajstić information content (AvgIpc) is 2.29. The second kappa shape index (κ2) is 1.64. The van der Waals surface area contributed by atoms with Gasteiger partial charge < -0.3 is 0 Å². The van der Waals surface area contributed by atoms with Crippen LogP contribution >= 0.6 is 0 Å². The van der Waals surface area contributed by atoms with E-state index in [1.165, 1.54) is 5.57 Å². The van der Waals surface area contributed by atoms with Gasteiger partial charge in [0.15, 0.2) is 5.78 Å². The summed E-state index contributed by atoms with van der Waals surface area (Å²) in [6.07, 6.45) is 4.25. The third-order valence-corrected chi connectivity index (χ3v) is 5.42. The van der Waals surface area contributed by atoms with Crippen LogP contribution in [0.25, 0.3) is 0 Å². The maximum Gasteiger partial charge on any atom is 0.156 e. The van der Waals surface area contributed by atoms with Crippen molar-refractivity contribution in [1.82, 2.24) is 0 Å². The average molecular weight is 188 g/mol. The lowest BCUT2D eigenvalue weighted by molar-refractivity contribution is -0.120. The molecular weight excluding hydrogens is 176 g/mol. The van der Waals surface area contributed by atoms with E-state index < -0.39 is 0 Å². The van der Waals surface area contributed by atoms with Gasteiger partial charge in [-0.2, -0.15) is 0 Å². The van der Waals surface area contributed by atoms with E-state index in [1.807, 2.05) is 6.08 Å². The zero-order valence-corrected chi connectivity index (χ0v) is 8.17. The van der Waals surface area contributed by atoms with Gasteiger partial charge in [0, 0.05) is 24.2 Å². The van der Waals surface area contributed by atoms with Gasteiger partial charge in [-0.3, -0.25) is 9.59 Å². The van der Waals surface area contributed by atoms with Crippen LogP contribution in [0.2, 0.25) is 0 Å². The summed E-state index contributed by atoms with van der Waals surface area (Å²) >= 11 is 0. The Kier molecular flexibility index (Phi) is 0.864. The van der Waals surface area contributed by atoms with Crippen molar-refractivity contribution in [2.75, 3.05) is 0 Å². The van der Waals surface area contributed by atoms with E-state index in [0.29, 0.717) is 18.1 Å². The highest BCUT2D eigenvalue weighted by Crippen LogP contribution is 2.88. The number of carbonyl (C=O) groups is 2. The lowest BCUT2D eigenvalue weighted by Gasteiger charge is -2.14. The molecule has 2 unspecified atom stereocenters.